The Kier molecular flexibility index (Phi) is 11.5. The lowest BCUT2D eigenvalue weighted by Crippen LogP contribution is -2.06. The maximum atomic E-state index is 13.7. The molecule has 4 N–H and O–H groups in total. The number of hydrogen-bond donors (Lipinski definition) is 4. The lowest BCUT2D eigenvalue weighted by Gasteiger charge is -2.24. The molecule has 0 unspecified atom stereocenters. The number of benzene rings is 7. The molecule has 0 saturated heterocycles. The summed E-state index contributed by atoms with van der Waals surface area (Å²) in [5, 5.41) is 43.7. The normalized spacial score (nSPS) is 11.5. The van der Waals surface area contributed by atoms with Crippen LogP contribution < -0.4 is 4.74 Å². The summed E-state index contributed by atoms with van der Waals surface area (Å²) < 4.78 is 39.9. The van der Waals surface area contributed by atoms with Crippen LogP contribution in [-0.4, -0.2) is 30.4 Å². The molecule has 11 rings (SSSR count). The van der Waals surface area contributed by atoms with Crippen molar-refractivity contribution in [2.75, 3.05) is 0 Å². The molecule has 0 fully saturated rings. The molecule has 0 spiro atoms. The Morgan fingerprint density at radius 2 is 1.37 bits per heavy atom. The van der Waals surface area contributed by atoms with Crippen LogP contribution in [0, 0.1) is 25.5 Å². The average Bonchev–Trinajstić information content (AvgIpc) is 3.99. The molecule has 1 aliphatic heterocycles. The van der Waals surface area contributed by atoms with E-state index in [2.05, 4.69) is 44.6 Å². The van der Waals surface area contributed by atoms with Crippen LogP contribution >= 0.6 is 27.3 Å². The predicted molar refractivity (Wildman–Crippen MR) is 257 cm³/mol. The Balaban J connectivity index is 0.000000124. The largest absolute Gasteiger partial charge is 0.508 e. The number of nitrogens with zero attached hydrogens (tertiary/aromatic N) is 2. The van der Waals surface area contributed by atoms with Crippen LogP contribution in [0.2, 0.25) is 0 Å². The standard InChI is InChI=1S/C21H14O3S.C16H11BrFNO.C16H12FNO2/c22-14-5-6-16-13(8-14)11-24-21-18(16)9-12-3-4-15(23)10-17(12)20(21)19-2-1-7-25-19;1-9-2-3-10(6-14(9)18)16-8-13(17)12-7-11(20)4-5-15(12)19-16;1-3-10-6-12(19)8-14-15(10)20-16(18-14)11-5-4-9(2)13(17)7-11/h1-10,22-23H,11H2;2-8,20H,1H3;3-8,19H,1H2,2H3. The van der Waals surface area contributed by atoms with Gasteiger partial charge in [0.05, 0.1) is 11.2 Å². The Morgan fingerprint density at radius 1 is 0.677 bits per heavy atom. The highest BCUT2D eigenvalue weighted by atomic mass is 79.9. The van der Waals surface area contributed by atoms with Gasteiger partial charge in [-0.2, -0.15) is 0 Å². The van der Waals surface area contributed by atoms with Crippen LogP contribution in [0.25, 0.3) is 83.1 Å². The highest BCUT2D eigenvalue weighted by molar-refractivity contribution is 9.10. The monoisotopic (exact) mass is 946 g/mol. The molecular formula is C53H37BrF2N2O6S. The predicted octanol–water partition coefficient (Wildman–Crippen LogP) is 14.6. The molecule has 12 heteroatoms. The zero-order valence-electron chi connectivity index (χ0n) is 34.7. The number of aromatic nitrogens is 2. The summed E-state index contributed by atoms with van der Waals surface area (Å²) >= 11 is 5.12. The first-order chi connectivity index (χ1) is 31.3. The maximum absolute atomic E-state index is 13.7. The average molecular weight is 948 g/mol. The molecule has 4 heterocycles. The van der Waals surface area contributed by atoms with Crippen molar-refractivity contribution in [1.82, 2.24) is 9.97 Å². The molecule has 0 amide bonds. The van der Waals surface area contributed by atoms with Crippen molar-refractivity contribution in [2.45, 2.75) is 20.5 Å². The Hall–Kier alpha value is -7.54. The van der Waals surface area contributed by atoms with E-state index >= 15 is 0 Å². The second-order valence-corrected chi connectivity index (χ2v) is 17.2. The van der Waals surface area contributed by atoms with Gasteiger partial charge in [0, 0.05) is 54.2 Å². The van der Waals surface area contributed by atoms with E-state index in [1.807, 2.05) is 35.7 Å². The number of aryl methyl sites for hydroxylation is 2. The number of ether oxygens (including phenoxy) is 1. The second kappa shape index (κ2) is 17.6. The maximum Gasteiger partial charge on any atom is 0.227 e. The molecule has 0 bridgehead atoms. The molecule has 8 nitrogen and oxygen atoms in total. The Bertz CT molecular complexity index is 3480. The van der Waals surface area contributed by atoms with Crippen molar-refractivity contribution in [3.63, 3.8) is 0 Å². The van der Waals surface area contributed by atoms with Gasteiger partial charge in [0.15, 0.2) is 5.58 Å². The first-order valence-corrected chi connectivity index (χ1v) is 21.9. The van der Waals surface area contributed by atoms with Crippen molar-refractivity contribution >= 4 is 66.1 Å². The number of phenols is 4. The highest BCUT2D eigenvalue weighted by Gasteiger charge is 2.24. The van der Waals surface area contributed by atoms with Gasteiger partial charge in [-0.25, -0.2) is 18.7 Å². The molecule has 0 saturated carbocycles. The van der Waals surface area contributed by atoms with E-state index in [9.17, 15) is 29.2 Å². The molecule has 322 valence electrons. The summed E-state index contributed by atoms with van der Waals surface area (Å²) in [6, 6.07) is 36.7. The van der Waals surface area contributed by atoms with E-state index in [1.165, 1.54) is 18.2 Å². The molecule has 0 atom stereocenters. The summed E-state index contributed by atoms with van der Waals surface area (Å²) in [5.41, 5.74) is 9.64. The van der Waals surface area contributed by atoms with Crippen molar-refractivity contribution in [1.29, 1.82) is 0 Å². The molecule has 0 aliphatic carbocycles. The molecule has 7 aromatic carbocycles. The van der Waals surface area contributed by atoms with Crippen molar-refractivity contribution in [3.05, 3.63) is 178 Å². The first kappa shape index (κ1) is 42.7. The molecular weight excluding hydrogens is 911 g/mol. The van der Waals surface area contributed by atoms with Gasteiger partial charge in [-0.3, -0.25) is 0 Å². The first-order valence-electron chi connectivity index (χ1n) is 20.2. The van der Waals surface area contributed by atoms with Gasteiger partial charge in [0.1, 0.15) is 52.5 Å². The smallest absolute Gasteiger partial charge is 0.227 e. The number of fused-ring (bicyclic) bond motifs is 6. The van der Waals surface area contributed by atoms with Gasteiger partial charge in [-0.1, -0.05) is 65.0 Å². The molecule has 1 aliphatic rings. The van der Waals surface area contributed by atoms with E-state index in [1.54, 1.807) is 98.0 Å². The van der Waals surface area contributed by atoms with E-state index in [0.29, 0.717) is 51.5 Å². The SMILES string of the molecule is C=Cc1cc(O)cc2nc(-c3ccc(C)c(F)c3)oc12.Cc1ccc(-c2cc(Br)c3cc(O)ccc3n2)cc1F.Oc1ccc2c(c1)COc1c-2cc2ccc(O)cc2c1-c1cccs1. The van der Waals surface area contributed by atoms with Crippen LogP contribution in [0.5, 0.6) is 28.7 Å². The van der Waals surface area contributed by atoms with E-state index < -0.39 is 0 Å². The number of phenolic OH excluding ortho intramolecular Hbond substituents is 4. The molecule has 0 radical (unpaired) electrons. The van der Waals surface area contributed by atoms with Gasteiger partial charge in [-0.15, -0.1) is 11.3 Å². The molecule has 10 aromatic rings. The number of thiophene rings is 1. The van der Waals surface area contributed by atoms with Gasteiger partial charge >= 0.3 is 0 Å². The quantitative estimate of drug-likeness (QED) is 0.137. The van der Waals surface area contributed by atoms with Gasteiger partial charge in [0.2, 0.25) is 5.89 Å². The number of rotatable bonds is 4. The van der Waals surface area contributed by atoms with Crippen molar-refractivity contribution in [2.24, 2.45) is 0 Å². The molecule has 65 heavy (non-hydrogen) atoms. The van der Waals surface area contributed by atoms with Crippen LogP contribution in [0.1, 0.15) is 22.3 Å². The summed E-state index contributed by atoms with van der Waals surface area (Å²) in [4.78, 5) is 9.90. The fraction of sp³-hybridized carbons (Fsp3) is 0.0566. The third-order valence-electron chi connectivity index (χ3n) is 10.9. The van der Waals surface area contributed by atoms with Crippen LogP contribution in [-0.2, 0) is 6.61 Å². The minimum Gasteiger partial charge on any atom is -0.508 e. The van der Waals surface area contributed by atoms with Gasteiger partial charge in [-0.05, 0) is 132 Å². The minimum absolute atomic E-state index is 0.0855. The second-order valence-electron chi connectivity index (χ2n) is 15.4. The van der Waals surface area contributed by atoms with E-state index in [-0.39, 0.29) is 34.6 Å². The molecule has 3 aromatic heterocycles. The van der Waals surface area contributed by atoms with Crippen molar-refractivity contribution < 1.29 is 38.4 Å². The topological polar surface area (TPSA) is 129 Å². The van der Waals surface area contributed by atoms with Crippen LogP contribution in [0.15, 0.2) is 148 Å². The lowest BCUT2D eigenvalue weighted by molar-refractivity contribution is 0.303. The fourth-order valence-corrected chi connectivity index (χ4v) is 8.92. The van der Waals surface area contributed by atoms with E-state index in [0.717, 1.165) is 64.6 Å². The summed E-state index contributed by atoms with van der Waals surface area (Å²) in [5.74, 6) is 1.35. The van der Waals surface area contributed by atoms with Crippen molar-refractivity contribution in [3.8, 4) is 73.0 Å². The number of oxazole rings is 1. The summed E-state index contributed by atoms with van der Waals surface area (Å²) in [6.45, 7) is 7.51. The zero-order valence-corrected chi connectivity index (χ0v) is 37.1. The Morgan fingerprint density at radius 3 is 2.09 bits per heavy atom. The highest BCUT2D eigenvalue weighted by Crippen LogP contribution is 2.49. The number of halogens is 3. The third kappa shape index (κ3) is 8.61. The third-order valence-corrected chi connectivity index (χ3v) is 12.5. The zero-order chi connectivity index (χ0) is 45.5. The number of aromatic hydroxyl groups is 4. The fourth-order valence-electron chi connectivity index (χ4n) is 7.61. The number of hydrogen-bond acceptors (Lipinski definition) is 9. The van der Waals surface area contributed by atoms with Gasteiger partial charge < -0.3 is 29.6 Å². The summed E-state index contributed by atoms with van der Waals surface area (Å²) in [6.07, 6.45) is 1.58. The minimum atomic E-state index is -0.309. The van der Waals surface area contributed by atoms with Crippen LogP contribution in [0.3, 0.4) is 0 Å². The summed E-state index contributed by atoms with van der Waals surface area (Å²) in [7, 11) is 0. The number of pyridine rings is 1. The lowest BCUT2D eigenvalue weighted by atomic mass is 9.90. The van der Waals surface area contributed by atoms with E-state index in [4.69, 9.17) is 9.15 Å². The Labute approximate surface area is 383 Å². The van der Waals surface area contributed by atoms with Gasteiger partial charge in [0.25, 0.3) is 0 Å². The van der Waals surface area contributed by atoms with Crippen LogP contribution in [0.4, 0.5) is 8.78 Å².